The number of hydrazone groups is 1. The molecular weight excluding hydrogens is 285 g/mol. The van der Waals surface area contributed by atoms with Gasteiger partial charge >= 0.3 is 0 Å². The number of nitrogens with zero attached hydrogens (tertiary/aromatic N) is 2. The molecule has 5 heteroatoms. The molecule has 1 heterocycles. The summed E-state index contributed by atoms with van der Waals surface area (Å²) in [5, 5.41) is 7.25. The molecule has 0 amide bonds. The predicted octanol–water partition coefficient (Wildman–Crippen LogP) is 4.93. The number of nitrogens with one attached hydrogen (secondary N) is 1. The minimum atomic E-state index is -0.231. The Kier molecular flexibility index (Phi) is 4.29. The van der Waals surface area contributed by atoms with Crippen molar-refractivity contribution < 1.29 is 4.39 Å². The zero-order valence-corrected chi connectivity index (χ0v) is 12.8. The summed E-state index contributed by atoms with van der Waals surface area (Å²) in [7, 11) is 0. The lowest BCUT2D eigenvalue weighted by atomic mass is 9.89. The van der Waals surface area contributed by atoms with E-state index in [9.17, 15) is 4.39 Å². The van der Waals surface area contributed by atoms with Crippen LogP contribution in [0.3, 0.4) is 0 Å². The maximum absolute atomic E-state index is 12.9. The van der Waals surface area contributed by atoms with Crippen LogP contribution in [0.2, 0.25) is 0 Å². The van der Waals surface area contributed by atoms with Crippen molar-refractivity contribution in [1.82, 2.24) is 4.98 Å². The minimum Gasteiger partial charge on any atom is -0.253 e. The lowest BCUT2D eigenvalue weighted by Gasteiger charge is -2.19. The number of rotatable bonds is 3. The van der Waals surface area contributed by atoms with Crippen LogP contribution in [0.1, 0.15) is 32.6 Å². The average Bonchev–Trinajstić information content (AvgIpc) is 2.96. The van der Waals surface area contributed by atoms with E-state index in [4.69, 9.17) is 0 Å². The normalized spacial score (nSPS) is 20.7. The minimum absolute atomic E-state index is 0.231. The Morgan fingerprint density at radius 3 is 2.86 bits per heavy atom. The third-order valence-electron chi connectivity index (χ3n) is 3.83. The van der Waals surface area contributed by atoms with E-state index >= 15 is 0 Å². The second-order valence-corrected chi connectivity index (χ2v) is 6.26. The molecule has 3 rings (SSSR count). The first-order chi connectivity index (χ1) is 10.2. The molecule has 1 aliphatic carbocycles. The first-order valence-electron chi connectivity index (χ1n) is 7.26. The van der Waals surface area contributed by atoms with Gasteiger partial charge in [0.1, 0.15) is 5.82 Å². The van der Waals surface area contributed by atoms with E-state index in [1.807, 2.05) is 5.38 Å². The molecular formula is C16H18FN3S. The third kappa shape index (κ3) is 3.47. The summed E-state index contributed by atoms with van der Waals surface area (Å²) in [6.07, 6.45) is 4.82. The maximum atomic E-state index is 12.9. The number of aromatic nitrogens is 1. The van der Waals surface area contributed by atoms with Crippen LogP contribution < -0.4 is 5.43 Å². The summed E-state index contributed by atoms with van der Waals surface area (Å²) in [6.45, 7) is 2.23. The molecule has 1 fully saturated rings. The molecule has 1 saturated carbocycles. The first kappa shape index (κ1) is 14.2. The van der Waals surface area contributed by atoms with Crippen molar-refractivity contribution in [1.29, 1.82) is 0 Å². The van der Waals surface area contributed by atoms with Gasteiger partial charge in [-0.3, -0.25) is 5.43 Å². The molecule has 1 atom stereocenters. The highest BCUT2D eigenvalue weighted by Crippen LogP contribution is 2.26. The molecule has 1 aliphatic rings. The average molecular weight is 303 g/mol. The van der Waals surface area contributed by atoms with Crippen molar-refractivity contribution in [3.8, 4) is 11.3 Å². The summed E-state index contributed by atoms with van der Waals surface area (Å²) < 4.78 is 12.9. The zero-order chi connectivity index (χ0) is 14.7. The van der Waals surface area contributed by atoms with Crippen LogP contribution in [0.15, 0.2) is 34.7 Å². The summed E-state index contributed by atoms with van der Waals surface area (Å²) >= 11 is 1.52. The standard InChI is InChI=1S/C16H18FN3S/c1-11-4-2-3-5-14(11)19-20-16-18-15(10-21-16)12-6-8-13(17)9-7-12/h6-11H,2-5H2,1H3,(H,18,20)/b19-14-. The zero-order valence-electron chi connectivity index (χ0n) is 12.0. The van der Waals surface area contributed by atoms with Gasteiger partial charge < -0.3 is 0 Å². The van der Waals surface area contributed by atoms with E-state index in [-0.39, 0.29) is 5.82 Å². The van der Waals surface area contributed by atoms with Crippen molar-refractivity contribution >= 4 is 22.2 Å². The SMILES string of the molecule is CC1CCCC/C1=N/Nc1nc(-c2ccc(F)cc2)cs1. The molecule has 3 nitrogen and oxygen atoms in total. The number of benzene rings is 1. The van der Waals surface area contributed by atoms with Crippen LogP contribution in [0, 0.1) is 11.7 Å². The van der Waals surface area contributed by atoms with E-state index in [0.717, 1.165) is 22.8 Å². The van der Waals surface area contributed by atoms with Crippen molar-refractivity contribution in [2.45, 2.75) is 32.6 Å². The lowest BCUT2D eigenvalue weighted by molar-refractivity contribution is 0.558. The summed E-state index contributed by atoms with van der Waals surface area (Å²) in [5.74, 6) is 0.327. The van der Waals surface area contributed by atoms with E-state index < -0.39 is 0 Å². The van der Waals surface area contributed by atoms with Crippen molar-refractivity contribution in [3.05, 3.63) is 35.5 Å². The number of halogens is 1. The third-order valence-corrected chi connectivity index (χ3v) is 4.58. The maximum Gasteiger partial charge on any atom is 0.203 e. The van der Waals surface area contributed by atoms with E-state index in [0.29, 0.717) is 5.92 Å². The number of thiazole rings is 1. The quantitative estimate of drug-likeness (QED) is 0.817. The molecule has 21 heavy (non-hydrogen) atoms. The van der Waals surface area contributed by atoms with Gasteiger partial charge in [0.15, 0.2) is 0 Å². The van der Waals surface area contributed by atoms with Crippen LogP contribution in [0.4, 0.5) is 9.52 Å². The van der Waals surface area contributed by atoms with Crippen LogP contribution in [0.25, 0.3) is 11.3 Å². The topological polar surface area (TPSA) is 37.3 Å². The fraction of sp³-hybridized carbons (Fsp3) is 0.375. The molecule has 0 saturated heterocycles. The van der Waals surface area contributed by atoms with Gasteiger partial charge in [-0.25, -0.2) is 9.37 Å². The fourth-order valence-corrected chi connectivity index (χ4v) is 3.20. The van der Waals surface area contributed by atoms with Crippen molar-refractivity contribution in [3.63, 3.8) is 0 Å². The smallest absolute Gasteiger partial charge is 0.203 e. The molecule has 0 bridgehead atoms. The number of hydrogen-bond donors (Lipinski definition) is 1. The molecule has 1 aromatic heterocycles. The van der Waals surface area contributed by atoms with Gasteiger partial charge in [0.2, 0.25) is 5.13 Å². The molecule has 2 aromatic rings. The van der Waals surface area contributed by atoms with Crippen LogP contribution in [-0.4, -0.2) is 10.7 Å². The summed E-state index contributed by atoms with van der Waals surface area (Å²) in [5.41, 5.74) is 6.07. The number of anilines is 1. The van der Waals surface area contributed by atoms with Crippen LogP contribution in [-0.2, 0) is 0 Å². The van der Waals surface area contributed by atoms with E-state index in [1.165, 1.54) is 48.4 Å². The largest absolute Gasteiger partial charge is 0.253 e. The van der Waals surface area contributed by atoms with Gasteiger partial charge in [0.25, 0.3) is 0 Å². The monoisotopic (exact) mass is 303 g/mol. The Morgan fingerprint density at radius 1 is 1.29 bits per heavy atom. The van der Waals surface area contributed by atoms with Gasteiger partial charge in [-0.15, -0.1) is 11.3 Å². The van der Waals surface area contributed by atoms with Gasteiger partial charge in [0.05, 0.1) is 5.69 Å². The fourth-order valence-electron chi connectivity index (χ4n) is 2.53. The lowest BCUT2D eigenvalue weighted by Crippen LogP contribution is -2.17. The Bertz CT molecular complexity index is 633. The Hall–Kier alpha value is -1.75. The summed E-state index contributed by atoms with van der Waals surface area (Å²) in [6, 6.07) is 6.38. The Labute approximate surface area is 127 Å². The highest BCUT2D eigenvalue weighted by atomic mass is 32.1. The van der Waals surface area contributed by atoms with Crippen molar-refractivity contribution in [2.24, 2.45) is 11.0 Å². The van der Waals surface area contributed by atoms with E-state index in [2.05, 4.69) is 22.4 Å². The highest BCUT2D eigenvalue weighted by Gasteiger charge is 2.15. The highest BCUT2D eigenvalue weighted by molar-refractivity contribution is 7.14. The van der Waals surface area contributed by atoms with Crippen LogP contribution in [0.5, 0.6) is 0 Å². The first-order valence-corrected chi connectivity index (χ1v) is 8.14. The van der Waals surface area contributed by atoms with Gasteiger partial charge in [-0.2, -0.15) is 5.10 Å². The van der Waals surface area contributed by atoms with Crippen LogP contribution >= 0.6 is 11.3 Å². The molecule has 0 spiro atoms. The van der Waals surface area contributed by atoms with Gasteiger partial charge in [0, 0.05) is 16.7 Å². The molecule has 0 aliphatic heterocycles. The van der Waals surface area contributed by atoms with Crippen molar-refractivity contribution in [2.75, 3.05) is 5.43 Å². The predicted molar refractivity (Wildman–Crippen MR) is 86.2 cm³/mol. The molecule has 1 unspecified atom stereocenters. The van der Waals surface area contributed by atoms with Gasteiger partial charge in [-0.1, -0.05) is 13.3 Å². The Morgan fingerprint density at radius 2 is 2.10 bits per heavy atom. The van der Waals surface area contributed by atoms with E-state index in [1.54, 1.807) is 12.1 Å². The second-order valence-electron chi connectivity index (χ2n) is 5.41. The molecule has 0 radical (unpaired) electrons. The summed E-state index contributed by atoms with van der Waals surface area (Å²) in [4.78, 5) is 4.50. The molecule has 1 N–H and O–H groups in total. The second kappa shape index (κ2) is 6.35. The molecule has 110 valence electrons. The molecule has 1 aromatic carbocycles. The number of hydrogen-bond acceptors (Lipinski definition) is 4. The van der Waals surface area contributed by atoms with Gasteiger partial charge in [-0.05, 0) is 49.4 Å². The Balaban J connectivity index is 1.70.